The number of aromatic nitrogens is 2. The van der Waals surface area contributed by atoms with E-state index in [-0.39, 0.29) is 5.78 Å². The lowest BCUT2D eigenvalue weighted by Gasteiger charge is -2.22. The quantitative estimate of drug-likeness (QED) is 0.422. The highest BCUT2D eigenvalue weighted by Gasteiger charge is 2.23. The molecule has 5 rings (SSSR count). The van der Waals surface area contributed by atoms with Crippen molar-refractivity contribution >= 4 is 27.5 Å². The number of hydrogen-bond donors (Lipinski definition) is 0. The Kier molecular flexibility index (Phi) is 5.09. The number of aryl methyl sites for hydroxylation is 1. The van der Waals surface area contributed by atoms with Crippen LogP contribution in [-0.2, 0) is 17.7 Å². The van der Waals surface area contributed by atoms with Crippen molar-refractivity contribution in [2.75, 3.05) is 13.2 Å². The molecule has 4 nitrogen and oxygen atoms in total. The lowest BCUT2D eigenvalue weighted by Crippen LogP contribution is -2.21. The molecule has 4 heteroatoms. The number of nitrogens with zero attached hydrogens (tertiary/aromatic N) is 2. The number of rotatable bonds is 5. The van der Waals surface area contributed by atoms with E-state index in [1.807, 2.05) is 47.1 Å². The van der Waals surface area contributed by atoms with Gasteiger partial charge >= 0.3 is 0 Å². The van der Waals surface area contributed by atoms with Gasteiger partial charge < -0.3 is 4.74 Å². The standard InChI is InChI=1S/C26H26N2O2/c1-2-19-11-12-22(21-8-4-3-7-20(19)21)26(29)25-23-9-5-6-10-24(23)28(27-25)17-18-13-15-30-16-14-18/h3-12,18H,2,13-17H2,1H3. The number of hydrogen-bond acceptors (Lipinski definition) is 3. The van der Waals surface area contributed by atoms with E-state index < -0.39 is 0 Å². The maximum Gasteiger partial charge on any atom is 0.214 e. The molecule has 0 spiro atoms. The molecule has 152 valence electrons. The number of carbonyl (C=O) groups excluding carboxylic acids is 1. The lowest BCUT2D eigenvalue weighted by molar-refractivity contribution is 0.0605. The van der Waals surface area contributed by atoms with Crippen molar-refractivity contribution in [1.29, 1.82) is 0 Å². The van der Waals surface area contributed by atoms with Crippen molar-refractivity contribution in [3.8, 4) is 0 Å². The van der Waals surface area contributed by atoms with E-state index in [1.54, 1.807) is 0 Å². The minimum absolute atomic E-state index is 0.00391. The molecule has 0 radical (unpaired) electrons. The van der Waals surface area contributed by atoms with E-state index in [1.165, 1.54) is 5.56 Å². The van der Waals surface area contributed by atoms with Gasteiger partial charge in [-0.25, -0.2) is 0 Å². The molecule has 3 aromatic carbocycles. The van der Waals surface area contributed by atoms with Crippen LogP contribution in [0.5, 0.6) is 0 Å². The average Bonchev–Trinajstić information content (AvgIpc) is 3.17. The minimum atomic E-state index is -0.00391. The summed E-state index contributed by atoms with van der Waals surface area (Å²) >= 11 is 0. The zero-order valence-corrected chi connectivity index (χ0v) is 17.3. The van der Waals surface area contributed by atoms with Gasteiger partial charge in [0.25, 0.3) is 0 Å². The molecule has 1 fully saturated rings. The van der Waals surface area contributed by atoms with Gasteiger partial charge in [0.15, 0.2) is 0 Å². The maximum absolute atomic E-state index is 13.7. The summed E-state index contributed by atoms with van der Waals surface area (Å²) in [4.78, 5) is 13.7. The van der Waals surface area contributed by atoms with E-state index in [2.05, 4.69) is 25.1 Å². The van der Waals surface area contributed by atoms with Crippen molar-refractivity contribution in [3.63, 3.8) is 0 Å². The number of ether oxygens (including phenoxy) is 1. The van der Waals surface area contributed by atoms with Gasteiger partial charge in [0, 0.05) is 30.7 Å². The first-order valence-corrected chi connectivity index (χ1v) is 10.8. The first-order valence-electron chi connectivity index (χ1n) is 10.8. The second-order valence-corrected chi connectivity index (χ2v) is 8.10. The van der Waals surface area contributed by atoms with Crippen molar-refractivity contribution in [2.24, 2.45) is 5.92 Å². The summed E-state index contributed by atoms with van der Waals surface area (Å²) < 4.78 is 7.53. The van der Waals surface area contributed by atoms with E-state index in [0.29, 0.717) is 11.6 Å². The summed E-state index contributed by atoms with van der Waals surface area (Å²) in [7, 11) is 0. The monoisotopic (exact) mass is 398 g/mol. The van der Waals surface area contributed by atoms with E-state index in [0.717, 1.165) is 66.3 Å². The first kappa shape index (κ1) is 19.0. The summed E-state index contributed by atoms with van der Waals surface area (Å²) in [6, 6.07) is 20.3. The summed E-state index contributed by atoms with van der Waals surface area (Å²) in [5.41, 5.74) is 3.57. The van der Waals surface area contributed by atoms with Crippen LogP contribution in [0.2, 0.25) is 0 Å². The Morgan fingerprint density at radius 1 is 0.967 bits per heavy atom. The highest BCUT2D eigenvalue weighted by atomic mass is 16.5. The predicted octanol–water partition coefficient (Wildman–Crippen LogP) is 5.41. The van der Waals surface area contributed by atoms with Gasteiger partial charge in [0.2, 0.25) is 5.78 Å². The molecule has 0 unspecified atom stereocenters. The van der Waals surface area contributed by atoms with Gasteiger partial charge in [-0.2, -0.15) is 5.10 Å². The molecule has 0 bridgehead atoms. The molecule has 0 aliphatic carbocycles. The van der Waals surface area contributed by atoms with Crippen LogP contribution in [-0.4, -0.2) is 28.8 Å². The molecule has 4 aromatic rings. The topological polar surface area (TPSA) is 44.1 Å². The largest absolute Gasteiger partial charge is 0.381 e. The Labute approximate surface area is 176 Å². The average molecular weight is 399 g/mol. The van der Waals surface area contributed by atoms with Gasteiger partial charge in [0.05, 0.1) is 5.52 Å². The Balaban J connectivity index is 1.60. The Morgan fingerprint density at radius 3 is 2.43 bits per heavy atom. The third kappa shape index (κ3) is 3.31. The molecule has 0 N–H and O–H groups in total. The molecule has 1 aliphatic heterocycles. The molecular weight excluding hydrogens is 372 g/mol. The highest BCUT2D eigenvalue weighted by Crippen LogP contribution is 2.28. The molecule has 1 aliphatic rings. The van der Waals surface area contributed by atoms with Crippen LogP contribution in [0.25, 0.3) is 21.7 Å². The summed E-state index contributed by atoms with van der Waals surface area (Å²) in [6.07, 6.45) is 3.03. The molecule has 0 atom stereocenters. The van der Waals surface area contributed by atoms with Crippen molar-refractivity contribution < 1.29 is 9.53 Å². The maximum atomic E-state index is 13.7. The van der Waals surface area contributed by atoms with Gasteiger partial charge in [0.1, 0.15) is 5.69 Å². The Hall–Kier alpha value is -2.98. The summed E-state index contributed by atoms with van der Waals surface area (Å²) in [6.45, 7) is 4.60. The number of ketones is 1. The lowest BCUT2D eigenvalue weighted by atomic mass is 9.94. The number of para-hydroxylation sites is 1. The molecule has 1 aromatic heterocycles. The fourth-order valence-corrected chi connectivity index (χ4v) is 4.60. The van der Waals surface area contributed by atoms with E-state index in [4.69, 9.17) is 9.84 Å². The van der Waals surface area contributed by atoms with Crippen LogP contribution in [0, 0.1) is 5.92 Å². The smallest absolute Gasteiger partial charge is 0.214 e. The first-order chi connectivity index (χ1) is 14.8. The van der Waals surface area contributed by atoms with Gasteiger partial charge in [-0.3, -0.25) is 9.48 Å². The molecule has 2 heterocycles. The fraction of sp³-hybridized carbons (Fsp3) is 0.308. The van der Waals surface area contributed by atoms with Gasteiger partial charge in [-0.05, 0) is 47.6 Å². The minimum Gasteiger partial charge on any atom is -0.381 e. The van der Waals surface area contributed by atoms with Crippen LogP contribution in [0.1, 0.15) is 41.4 Å². The van der Waals surface area contributed by atoms with Crippen LogP contribution < -0.4 is 0 Å². The van der Waals surface area contributed by atoms with Crippen molar-refractivity contribution in [2.45, 2.75) is 32.7 Å². The molecular formula is C26H26N2O2. The number of carbonyl (C=O) groups is 1. The molecule has 30 heavy (non-hydrogen) atoms. The second-order valence-electron chi connectivity index (χ2n) is 8.10. The molecule has 0 saturated carbocycles. The van der Waals surface area contributed by atoms with Crippen LogP contribution in [0.4, 0.5) is 0 Å². The SMILES string of the molecule is CCc1ccc(C(=O)c2nn(CC3CCOCC3)c3ccccc23)c2ccccc12. The van der Waals surface area contributed by atoms with Crippen LogP contribution in [0.3, 0.4) is 0 Å². The number of benzene rings is 3. The third-order valence-electron chi connectivity index (χ3n) is 6.28. The van der Waals surface area contributed by atoms with Crippen molar-refractivity contribution in [1.82, 2.24) is 9.78 Å². The van der Waals surface area contributed by atoms with E-state index >= 15 is 0 Å². The summed E-state index contributed by atoms with van der Waals surface area (Å²) in [5, 5.41) is 7.92. The fourth-order valence-electron chi connectivity index (χ4n) is 4.60. The van der Waals surface area contributed by atoms with Crippen LogP contribution >= 0.6 is 0 Å². The zero-order chi connectivity index (χ0) is 20.5. The molecule has 1 saturated heterocycles. The normalized spacial score (nSPS) is 15.1. The van der Waals surface area contributed by atoms with Crippen LogP contribution in [0.15, 0.2) is 60.7 Å². The summed E-state index contributed by atoms with van der Waals surface area (Å²) in [5.74, 6) is 0.533. The third-order valence-corrected chi connectivity index (χ3v) is 6.28. The highest BCUT2D eigenvalue weighted by molar-refractivity contribution is 6.20. The number of fused-ring (bicyclic) bond motifs is 2. The Bertz CT molecular complexity index is 1220. The van der Waals surface area contributed by atoms with E-state index in [9.17, 15) is 4.79 Å². The van der Waals surface area contributed by atoms with Gasteiger partial charge in [-0.1, -0.05) is 61.5 Å². The van der Waals surface area contributed by atoms with Gasteiger partial charge in [-0.15, -0.1) is 0 Å². The predicted molar refractivity (Wildman–Crippen MR) is 120 cm³/mol. The Morgan fingerprint density at radius 2 is 1.67 bits per heavy atom. The second kappa shape index (κ2) is 8.04. The zero-order valence-electron chi connectivity index (χ0n) is 17.3. The molecule has 0 amide bonds. The van der Waals surface area contributed by atoms with Crippen molar-refractivity contribution in [3.05, 3.63) is 77.5 Å².